The normalized spacial score (nSPS) is 11.7. The molecule has 0 radical (unpaired) electrons. The van der Waals surface area contributed by atoms with Gasteiger partial charge in [0.05, 0.1) is 12.2 Å². The average molecular weight is 520 g/mol. The summed E-state index contributed by atoms with van der Waals surface area (Å²) in [6.07, 6.45) is 0. The van der Waals surface area contributed by atoms with Crippen LogP contribution in [0.15, 0.2) is 109 Å². The lowest BCUT2D eigenvalue weighted by Crippen LogP contribution is -2.44. The summed E-state index contributed by atoms with van der Waals surface area (Å²) >= 11 is 0. The summed E-state index contributed by atoms with van der Waals surface area (Å²) in [5.41, 5.74) is 4.36. The molecule has 192 valence electrons. The average Bonchev–Trinajstić information content (AvgIpc) is 3.33. The molecule has 0 fully saturated rings. The Morgan fingerprint density at radius 3 is 1.89 bits per heavy atom. The van der Waals surface area contributed by atoms with Gasteiger partial charge in [0.2, 0.25) is 9.04 Å². The molecule has 5 heteroatoms. The SMILES string of the molecule is CC(C)(C)c1[nH]c2cccc(C(=O)OCc3ccccc3)c2c1CO[SiH](c1ccccc1)c1ccccc1. The fourth-order valence-corrected chi connectivity index (χ4v) is 7.13. The zero-order valence-electron chi connectivity index (χ0n) is 22.1. The van der Waals surface area contributed by atoms with Crippen LogP contribution in [0.3, 0.4) is 0 Å². The lowest BCUT2D eigenvalue weighted by Gasteiger charge is -2.22. The predicted molar refractivity (Wildman–Crippen MR) is 157 cm³/mol. The van der Waals surface area contributed by atoms with E-state index in [1.54, 1.807) is 0 Å². The van der Waals surface area contributed by atoms with E-state index in [1.165, 1.54) is 10.4 Å². The molecule has 0 aliphatic rings. The van der Waals surface area contributed by atoms with Gasteiger partial charge in [-0.2, -0.15) is 0 Å². The molecule has 5 rings (SSSR count). The maximum absolute atomic E-state index is 13.4. The number of hydrogen-bond donors (Lipinski definition) is 1. The van der Waals surface area contributed by atoms with Crippen molar-refractivity contribution in [3.05, 3.63) is 132 Å². The molecule has 0 aliphatic heterocycles. The molecule has 4 aromatic carbocycles. The van der Waals surface area contributed by atoms with Crippen molar-refractivity contribution in [1.82, 2.24) is 4.98 Å². The van der Waals surface area contributed by atoms with Gasteiger partial charge >= 0.3 is 5.97 Å². The van der Waals surface area contributed by atoms with Crippen molar-refractivity contribution >= 4 is 36.3 Å². The Morgan fingerprint density at radius 2 is 1.32 bits per heavy atom. The molecule has 0 atom stereocenters. The summed E-state index contributed by atoms with van der Waals surface area (Å²) in [6.45, 7) is 7.17. The maximum Gasteiger partial charge on any atom is 0.339 e. The van der Waals surface area contributed by atoms with Gasteiger partial charge < -0.3 is 14.1 Å². The van der Waals surface area contributed by atoms with E-state index in [1.807, 2.05) is 60.7 Å². The first-order chi connectivity index (χ1) is 18.4. The van der Waals surface area contributed by atoms with Gasteiger partial charge in [-0.1, -0.05) is 118 Å². The first-order valence-electron chi connectivity index (χ1n) is 13.0. The van der Waals surface area contributed by atoms with Crippen molar-refractivity contribution in [2.24, 2.45) is 0 Å². The largest absolute Gasteiger partial charge is 0.457 e. The van der Waals surface area contributed by atoms with Gasteiger partial charge in [-0.3, -0.25) is 0 Å². The third-order valence-corrected chi connectivity index (χ3v) is 9.19. The number of ether oxygens (including phenoxy) is 1. The number of H-pyrrole nitrogens is 1. The van der Waals surface area contributed by atoms with Crippen LogP contribution in [0, 0.1) is 0 Å². The maximum atomic E-state index is 13.4. The highest BCUT2D eigenvalue weighted by atomic mass is 28.3. The van der Waals surface area contributed by atoms with Gasteiger partial charge in [-0.05, 0) is 28.1 Å². The van der Waals surface area contributed by atoms with E-state index in [4.69, 9.17) is 9.16 Å². The number of benzene rings is 4. The number of hydrogen-bond acceptors (Lipinski definition) is 3. The minimum Gasteiger partial charge on any atom is -0.457 e. The molecule has 0 aliphatic carbocycles. The van der Waals surface area contributed by atoms with E-state index < -0.39 is 9.04 Å². The van der Waals surface area contributed by atoms with Gasteiger partial charge in [0, 0.05) is 27.6 Å². The van der Waals surface area contributed by atoms with E-state index in [0.29, 0.717) is 12.2 Å². The highest BCUT2D eigenvalue weighted by Crippen LogP contribution is 2.34. The number of rotatable bonds is 8. The van der Waals surface area contributed by atoms with Crippen LogP contribution in [0.25, 0.3) is 10.9 Å². The Kier molecular flexibility index (Phi) is 7.59. The molecule has 0 bridgehead atoms. The Hall–Kier alpha value is -3.93. The van der Waals surface area contributed by atoms with Crippen molar-refractivity contribution in [3.8, 4) is 0 Å². The first-order valence-corrected chi connectivity index (χ1v) is 14.6. The topological polar surface area (TPSA) is 51.3 Å². The molecule has 0 saturated carbocycles. The zero-order chi connectivity index (χ0) is 26.5. The minimum absolute atomic E-state index is 0.167. The van der Waals surface area contributed by atoms with Crippen LogP contribution < -0.4 is 10.4 Å². The van der Waals surface area contributed by atoms with Crippen LogP contribution in [-0.2, 0) is 27.8 Å². The van der Waals surface area contributed by atoms with Crippen molar-refractivity contribution in [1.29, 1.82) is 0 Å². The summed E-state index contributed by atoms with van der Waals surface area (Å²) in [6, 6.07) is 36.4. The predicted octanol–water partition coefficient (Wildman–Crippen LogP) is 5.88. The minimum atomic E-state index is -1.97. The zero-order valence-corrected chi connectivity index (χ0v) is 23.3. The molecular weight excluding hydrogens is 486 g/mol. The summed E-state index contributed by atoms with van der Waals surface area (Å²) in [7, 11) is -1.97. The Bertz CT molecular complexity index is 1470. The number of carbonyl (C=O) groups excluding carboxylic acids is 1. The molecule has 1 aromatic heterocycles. The summed E-state index contributed by atoms with van der Waals surface area (Å²) in [5, 5.41) is 3.32. The second-order valence-electron chi connectivity index (χ2n) is 10.5. The van der Waals surface area contributed by atoms with Crippen molar-refractivity contribution < 1.29 is 14.0 Å². The lowest BCUT2D eigenvalue weighted by molar-refractivity contribution is 0.0475. The number of fused-ring (bicyclic) bond motifs is 1. The van der Waals surface area contributed by atoms with Crippen LogP contribution >= 0.6 is 0 Å². The van der Waals surface area contributed by atoms with Crippen LogP contribution in [0.2, 0.25) is 0 Å². The number of carbonyl (C=O) groups is 1. The lowest BCUT2D eigenvalue weighted by atomic mass is 9.88. The van der Waals surface area contributed by atoms with E-state index in [-0.39, 0.29) is 18.0 Å². The number of aromatic nitrogens is 1. The van der Waals surface area contributed by atoms with Gasteiger partial charge in [0.25, 0.3) is 0 Å². The number of aromatic amines is 1. The monoisotopic (exact) mass is 519 g/mol. The Morgan fingerprint density at radius 1 is 0.737 bits per heavy atom. The summed E-state index contributed by atoms with van der Waals surface area (Å²) in [4.78, 5) is 17.0. The van der Waals surface area contributed by atoms with Gasteiger partial charge in [0.15, 0.2) is 0 Å². The van der Waals surface area contributed by atoms with E-state index >= 15 is 0 Å². The highest BCUT2D eigenvalue weighted by molar-refractivity contribution is 6.80. The molecular formula is C33H33NO3Si. The quantitative estimate of drug-likeness (QED) is 0.206. The summed E-state index contributed by atoms with van der Waals surface area (Å²) in [5.74, 6) is -0.333. The molecule has 0 amide bonds. The third kappa shape index (κ3) is 5.64. The Labute approximate surface area is 226 Å². The second-order valence-corrected chi connectivity index (χ2v) is 13.0. The van der Waals surface area contributed by atoms with Gasteiger partial charge in [-0.15, -0.1) is 0 Å². The molecule has 4 nitrogen and oxygen atoms in total. The highest BCUT2D eigenvalue weighted by Gasteiger charge is 2.27. The van der Waals surface area contributed by atoms with Crippen LogP contribution in [0.5, 0.6) is 0 Å². The number of esters is 1. The van der Waals surface area contributed by atoms with Crippen LogP contribution in [0.1, 0.15) is 48.0 Å². The number of nitrogens with one attached hydrogen (secondary N) is 1. The molecule has 5 aromatic rings. The molecule has 1 heterocycles. The van der Waals surface area contributed by atoms with Gasteiger partial charge in [-0.25, -0.2) is 4.79 Å². The van der Waals surface area contributed by atoms with Crippen molar-refractivity contribution in [3.63, 3.8) is 0 Å². The standard InChI is InChI=1S/C33H33NO3Si/c1-33(2,3)31-28(23-37-38(25-16-9-5-10-17-25)26-18-11-6-12-19-26)30-27(20-13-21-29(30)34-31)32(35)36-22-24-14-7-4-8-15-24/h4-21,34,38H,22-23H2,1-3H3. The van der Waals surface area contributed by atoms with E-state index in [9.17, 15) is 4.79 Å². The van der Waals surface area contributed by atoms with E-state index in [2.05, 4.69) is 74.3 Å². The van der Waals surface area contributed by atoms with Crippen molar-refractivity contribution in [2.45, 2.75) is 39.4 Å². The third-order valence-electron chi connectivity index (χ3n) is 6.71. The van der Waals surface area contributed by atoms with Crippen LogP contribution in [0.4, 0.5) is 0 Å². The molecule has 0 unspecified atom stereocenters. The second kappa shape index (κ2) is 11.2. The smallest absolute Gasteiger partial charge is 0.339 e. The molecule has 0 saturated heterocycles. The Balaban J connectivity index is 1.52. The molecule has 38 heavy (non-hydrogen) atoms. The van der Waals surface area contributed by atoms with Crippen LogP contribution in [-0.4, -0.2) is 20.0 Å². The summed E-state index contributed by atoms with van der Waals surface area (Å²) < 4.78 is 12.6. The molecule has 1 N–H and O–H groups in total. The fourth-order valence-electron chi connectivity index (χ4n) is 4.88. The van der Waals surface area contributed by atoms with Crippen molar-refractivity contribution in [2.75, 3.05) is 0 Å². The first kappa shape index (κ1) is 25.7. The molecule has 0 spiro atoms. The van der Waals surface area contributed by atoms with Gasteiger partial charge in [0.1, 0.15) is 6.61 Å². The fraction of sp³-hybridized carbons (Fsp3) is 0.182. The van der Waals surface area contributed by atoms with E-state index in [0.717, 1.165) is 27.7 Å².